The van der Waals surface area contributed by atoms with Crippen molar-refractivity contribution in [2.75, 3.05) is 27.3 Å². The van der Waals surface area contributed by atoms with E-state index >= 15 is 0 Å². The Balaban J connectivity index is 2.80. The molecule has 0 aliphatic heterocycles. The maximum Gasteiger partial charge on any atom is 0.242 e. The maximum absolute atomic E-state index is 12.1. The number of halogens is 1. The molecule has 0 unspecified atom stereocenters. The van der Waals surface area contributed by atoms with Crippen molar-refractivity contribution in [1.82, 2.24) is 4.31 Å². The van der Waals surface area contributed by atoms with Crippen molar-refractivity contribution < 1.29 is 13.2 Å². The van der Waals surface area contributed by atoms with E-state index in [9.17, 15) is 8.42 Å². The smallest absolute Gasteiger partial charge is 0.242 e. The van der Waals surface area contributed by atoms with Gasteiger partial charge >= 0.3 is 0 Å². The molecule has 0 radical (unpaired) electrons. The van der Waals surface area contributed by atoms with E-state index in [1.807, 2.05) is 0 Å². The van der Waals surface area contributed by atoms with Crippen molar-refractivity contribution in [1.29, 1.82) is 0 Å². The zero-order chi connectivity index (χ0) is 12.9. The van der Waals surface area contributed by atoms with Crippen LogP contribution in [0.3, 0.4) is 0 Å². The van der Waals surface area contributed by atoms with Gasteiger partial charge in [-0.05, 0) is 24.6 Å². The second-order valence-electron chi connectivity index (χ2n) is 3.63. The van der Waals surface area contributed by atoms with Gasteiger partial charge in [-0.3, -0.25) is 0 Å². The third kappa shape index (κ3) is 4.06. The molecule has 0 amide bonds. The number of nitrogens with zero attached hydrogens (tertiary/aromatic N) is 1. The predicted molar refractivity (Wildman–Crippen MR) is 70.5 cm³/mol. The second-order valence-corrected chi connectivity index (χ2v) is 6.59. The molecule has 0 N–H and O–H groups in total. The SMILES string of the molecule is COCCCN(C)S(=O)(=O)c1cccc(Br)c1. The number of ether oxygens (including phenoxy) is 1. The molecular weight excluding hydrogens is 306 g/mol. The summed E-state index contributed by atoms with van der Waals surface area (Å²) in [4.78, 5) is 0.298. The lowest BCUT2D eigenvalue weighted by Gasteiger charge is -2.17. The Morgan fingerprint density at radius 1 is 1.41 bits per heavy atom. The van der Waals surface area contributed by atoms with Crippen LogP contribution in [0.5, 0.6) is 0 Å². The molecule has 96 valence electrons. The number of benzene rings is 1. The van der Waals surface area contributed by atoms with Crippen LogP contribution in [0.4, 0.5) is 0 Å². The lowest BCUT2D eigenvalue weighted by molar-refractivity contribution is 0.189. The Labute approximate surface area is 111 Å². The molecule has 0 atom stereocenters. The van der Waals surface area contributed by atoms with Crippen LogP contribution in [0.2, 0.25) is 0 Å². The molecule has 0 aromatic heterocycles. The predicted octanol–water partition coefficient (Wildman–Crippen LogP) is 2.11. The zero-order valence-electron chi connectivity index (χ0n) is 9.89. The molecule has 0 spiro atoms. The summed E-state index contributed by atoms with van der Waals surface area (Å²) in [5.41, 5.74) is 0. The standard InChI is InChI=1S/C11H16BrNO3S/c1-13(7-4-8-16-2)17(14,15)11-6-3-5-10(12)9-11/h3,5-6,9H,4,7-8H2,1-2H3. The van der Waals surface area contributed by atoms with Crippen LogP contribution in [-0.4, -0.2) is 40.0 Å². The molecule has 0 saturated heterocycles. The summed E-state index contributed by atoms with van der Waals surface area (Å²) >= 11 is 3.26. The minimum Gasteiger partial charge on any atom is -0.385 e. The number of hydrogen-bond donors (Lipinski definition) is 0. The molecule has 1 rings (SSSR count). The average molecular weight is 322 g/mol. The van der Waals surface area contributed by atoms with E-state index in [1.54, 1.807) is 38.4 Å². The normalized spacial score (nSPS) is 12.0. The first-order valence-electron chi connectivity index (χ1n) is 5.19. The lowest BCUT2D eigenvalue weighted by atomic mass is 10.4. The fourth-order valence-electron chi connectivity index (χ4n) is 1.36. The topological polar surface area (TPSA) is 46.6 Å². The quantitative estimate of drug-likeness (QED) is 0.754. The summed E-state index contributed by atoms with van der Waals surface area (Å²) in [7, 11) is -0.219. The van der Waals surface area contributed by atoms with Gasteiger partial charge in [0, 0.05) is 31.8 Å². The number of rotatable bonds is 6. The van der Waals surface area contributed by atoms with Gasteiger partial charge in [0.2, 0.25) is 10.0 Å². The highest BCUT2D eigenvalue weighted by Crippen LogP contribution is 2.19. The van der Waals surface area contributed by atoms with Crippen molar-refractivity contribution in [2.24, 2.45) is 0 Å². The average Bonchev–Trinajstić information content (AvgIpc) is 2.29. The summed E-state index contributed by atoms with van der Waals surface area (Å²) in [5.74, 6) is 0. The zero-order valence-corrected chi connectivity index (χ0v) is 12.3. The molecule has 1 aromatic rings. The van der Waals surface area contributed by atoms with Gasteiger partial charge in [0.15, 0.2) is 0 Å². The Kier molecular flexibility index (Phi) is 5.58. The molecule has 0 saturated carbocycles. The molecule has 0 fully saturated rings. The minimum absolute atomic E-state index is 0.298. The molecule has 0 aliphatic carbocycles. The van der Waals surface area contributed by atoms with Crippen LogP contribution in [0.25, 0.3) is 0 Å². The van der Waals surface area contributed by atoms with Gasteiger partial charge < -0.3 is 4.74 Å². The first-order valence-corrected chi connectivity index (χ1v) is 7.42. The summed E-state index contributed by atoms with van der Waals surface area (Å²) in [6, 6.07) is 6.69. The number of methoxy groups -OCH3 is 1. The van der Waals surface area contributed by atoms with Crippen LogP contribution in [-0.2, 0) is 14.8 Å². The monoisotopic (exact) mass is 321 g/mol. The maximum atomic E-state index is 12.1. The Hall–Kier alpha value is -0.430. The van der Waals surface area contributed by atoms with Crippen LogP contribution < -0.4 is 0 Å². The van der Waals surface area contributed by atoms with Crippen molar-refractivity contribution >= 4 is 26.0 Å². The van der Waals surface area contributed by atoms with Gasteiger partial charge in [0.1, 0.15) is 0 Å². The summed E-state index contributed by atoms with van der Waals surface area (Å²) < 4.78 is 31.3. The van der Waals surface area contributed by atoms with E-state index in [4.69, 9.17) is 4.74 Å². The molecule has 17 heavy (non-hydrogen) atoms. The van der Waals surface area contributed by atoms with Crippen molar-refractivity contribution in [3.8, 4) is 0 Å². The van der Waals surface area contributed by atoms with E-state index in [0.29, 0.717) is 24.5 Å². The summed E-state index contributed by atoms with van der Waals surface area (Å²) in [6.07, 6.45) is 0.681. The highest BCUT2D eigenvalue weighted by atomic mass is 79.9. The Bertz CT molecular complexity index is 462. The largest absolute Gasteiger partial charge is 0.385 e. The van der Waals surface area contributed by atoms with Crippen LogP contribution in [0.15, 0.2) is 33.6 Å². The minimum atomic E-state index is -3.39. The molecule has 4 nitrogen and oxygen atoms in total. The first kappa shape index (κ1) is 14.6. The van der Waals surface area contributed by atoms with Gasteiger partial charge in [-0.25, -0.2) is 12.7 Å². The lowest BCUT2D eigenvalue weighted by Crippen LogP contribution is -2.28. The molecule has 1 aromatic carbocycles. The van der Waals surface area contributed by atoms with Crippen molar-refractivity contribution in [3.63, 3.8) is 0 Å². The first-order chi connectivity index (χ1) is 7.98. The van der Waals surface area contributed by atoms with Crippen LogP contribution in [0, 0.1) is 0 Å². The highest BCUT2D eigenvalue weighted by Gasteiger charge is 2.20. The van der Waals surface area contributed by atoms with E-state index < -0.39 is 10.0 Å². The van der Waals surface area contributed by atoms with Gasteiger partial charge in [-0.15, -0.1) is 0 Å². The van der Waals surface area contributed by atoms with E-state index in [-0.39, 0.29) is 0 Å². The van der Waals surface area contributed by atoms with Crippen LogP contribution in [0.1, 0.15) is 6.42 Å². The van der Waals surface area contributed by atoms with E-state index in [1.165, 1.54) is 4.31 Å². The Morgan fingerprint density at radius 3 is 2.71 bits per heavy atom. The summed E-state index contributed by atoms with van der Waals surface area (Å²) in [5, 5.41) is 0. The number of sulfonamides is 1. The van der Waals surface area contributed by atoms with Gasteiger partial charge in [0.05, 0.1) is 4.90 Å². The van der Waals surface area contributed by atoms with Crippen LogP contribution >= 0.6 is 15.9 Å². The Morgan fingerprint density at radius 2 is 2.12 bits per heavy atom. The van der Waals surface area contributed by atoms with Gasteiger partial charge in [-0.1, -0.05) is 22.0 Å². The van der Waals surface area contributed by atoms with E-state index in [0.717, 1.165) is 4.47 Å². The number of hydrogen-bond acceptors (Lipinski definition) is 3. The molecule has 0 bridgehead atoms. The van der Waals surface area contributed by atoms with Crippen molar-refractivity contribution in [2.45, 2.75) is 11.3 Å². The van der Waals surface area contributed by atoms with Gasteiger partial charge in [-0.2, -0.15) is 0 Å². The molecule has 0 aliphatic rings. The van der Waals surface area contributed by atoms with Crippen molar-refractivity contribution in [3.05, 3.63) is 28.7 Å². The second kappa shape index (κ2) is 6.49. The highest BCUT2D eigenvalue weighted by molar-refractivity contribution is 9.10. The molecular formula is C11H16BrNO3S. The molecule has 6 heteroatoms. The summed E-state index contributed by atoms with van der Waals surface area (Å²) in [6.45, 7) is 1.00. The third-order valence-electron chi connectivity index (χ3n) is 2.33. The molecule has 0 heterocycles. The fourth-order valence-corrected chi connectivity index (χ4v) is 3.17. The van der Waals surface area contributed by atoms with E-state index in [2.05, 4.69) is 15.9 Å². The van der Waals surface area contributed by atoms with Gasteiger partial charge in [0.25, 0.3) is 0 Å². The fraction of sp³-hybridized carbons (Fsp3) is 0.455. The third-order valence-corrected chi connectivity index (χ3v) is 4.67.